The van der Waals surface area contributed by atoms with Crippen molar-refractivity contribution in [2.24, 2.45) is 5.92 Å². The molecule has 1 aliphatic heterocycles. The van der Waals surface area contributed by atoms with Gasteiger partial charge in [-0.25, -0.2) is 14.8 Å². The van der Waals surface area contributed by atoms with E-state index in [-0.39, 0.29) is 18.5 Å². The summed E-state index contributed by atoms with van der Waals surface area (Å²) >= 11 is 0. The molecule has 1 fully saturated rings. The predicted molar refractivity (Wildman–Crippen MR) is 150 cm³/mol. The van der Waals surface area contributed by atoms with Gasteiger partial charge in [-0.2, -0.15) is 0 Å². The fraction of sp³-hybridized carbons (Fsp3) is 0.500. The molecule has 2 heterocycles. The first-order valence-electron chi connectivity index (χ1n) is 12.1. The second-order valence-electron chi connectivity index (χ2n) is 8.50. The number of benzene rings is 1. The number of carbonyl (C=O) groups excluding carboxylic acids is 2. The topological polar surface area (TPSA) is 96.9 Å². The number of hydrogen-bond donors (Lipinski definition) is 1. The second-order valence-corrected chi connectivity index (χ2v) is 8.50. The Hall–Kier alpha value is -3.32. The molecule has 1 N–H and O–H groups in total. The monoisotopic (exact) mass is 513 g/mol. The maximum Gasteiger partial charge on any atom is 0.328 e. The van der Waals surface area contributed by atoms with Crippen molar-refractivity contribution in [3.05, 3.63) is 42.7 Å². The molecule has 1 aromatic carbocycles. The molecule has 0 aliphatic carbocycles. The number of anilines is 1. The molecule has 204 valence electrons. The van der Waals surface area contributed by atoms with Crippen LogP contribution < -0.4 is 5.32 Å². The van der Waals surface area contributed by atoms with Gasteiger partial charge in [-0.05, 0) is 32.0 Å². The largest absolute Gasteiger partial charge is 0.467 e. The summed E-state index contributed by atoms with van der Waals surface area (Å²) in [4.78, 5) is 35.7. The maximum atomic E-state index is 12.2. The molecule has 0 bridgehead atoms. The van der Waals surface area contributed by atoms with E-state index in [0.717, 1.165) is 42.9 Å². The zero-order chi connectivity index (χ0) is 28.2. The van der Waals surface area contributed by atoms with Crippen LogP contribution in [0.25, 0.3) is 10.9 Å². The van der Waals surface area contributed by atoms with Crippen LogP contribution in [0.3, 0.4) is 0 Å². The summed E-state index contributed by atoms with van der Waals surface area (Å²) in [7, 11) is 5.04. The normalized spacial score (nSPS) is 14.0. The number of aromatic nitrogens is 2. The van der Waals surface area contributed by atoms with Crippen LogP contribution in [0, 0.1) is 18.8 Å². The standard InChI is InChI=1S/C20H29N5O2.C3H6O2.C3H6.C2H2/c1-14(2)18(20(26)27-4)23-19-15-7-5-6-8-16(15)21-17(22-19)13-25-11-9-24(3)10-12-25;1-5-3-2-4;1-3-2;1-2/h5-8,14,18H,9-13H2,1-4H3,(H,21,22,23);2H,3H2,1H3;3H,1H2,2H3;1-2H. The second kappa shape index (κ2) is 19.8. The molecular weight excluding hydrogens is 470 g/mol. The Morgan fingerprint density at radius 3 is 2.24 bits per heavy atom. The van der Waals surface area contributed by atoms with Crippen molar-refractivity contribution < 1.29 is 19.1 Å². The molecular formula is C28H43N5O4. The number of methoxy groups -OCH3 is 2. The zero-order valence-electron chi connectivity index (χ0n) is 23.1. The lowest BCUT2D eigenvalue weighted by atomic mass is 10.0. The quantitative estimate of drug-likeness (QED) is 0.247. The van der Waals surface area contributed by atoms with Crippen LogP contribution in [-0.2, 0) is 25.6 Å². The molecule has 1 aliphatic rings. The fourth-order valence-electron chi connectivity index (χ4n) is 3.35. The summed E-state index contributed by atoms with van der Waals surface area (Å²) in [5.74, 6) is 1.25. The molecule has 37 heavy (non-hydrogen) atoms. The van der Waals surface area contributed by atoms with Gasteiger partial charge in [-0.1, -0.05) is 32.1 Å². The number of allylic oxidation sites excluding steroid dienone is 1. The van der Waals surface area contributed by atoms with E-state index in [1.165, 1.54) is 14.2 Å². The summed E-state index contributed by atoms with van der Waals surface area (Å²) in [5.41, 5.74) is 0.881. The zero-order valence-corrected chi connectivity index (χ0v) is 23.1. The van der Waals surface area contributed by atoms with Gasteiger partial charge in [0.2, 0.25) is 0 Å². The maximum absolute atomic E-state index is 12.2. The van der Waals surface area contributed by atoms with Crippen LogP contribution >= 0.6 is 0 Å². The van der Waals surface area contributed by atoms with Crippen LogP contribution in [0.1, 0.15) is 26.6 Å². The van der Waals surface area contributed by atoms with Crippen molar-refractivity contribution in [3.8, 4) is 12.8 Å². The molecule has 0 spiro atoms. The van der Waals surface area contributed by atoms with Crippen molar-refractivity contribution in [2.75, 3.05) is 59.4 Å². The molecule has 1 aromatic heterocycles. The number of aldehydes is 1. The number of likely N-dealkylation sites (N-methyl/N-ethyl adjacent to an activating group) is 1. The van der Waals surface area contributed by atoms with E-state index in [0.29, 0.717) is 18.6 Å². The summed E-state index contributed by atoms with van der Waals surface area (Å²) in [6.45, 7) is 14.3. The van der Waals surface area contributed by atoms with Gasteiger partial charge in [-0.3, -0.25) is 4.90 Å². The van der Waals surface area contributed by atoms with E-state index in [4.69, 9.17) is 14.7 Å². The minimum absolute atomic E-state index is 0.0762. The van der Waals surface area contributed by atoms with Gasteiger partial charge in [0.05, 0.1) is 19.2 Å². The SMILES string of the molecule is C#C.C=CC.COC(=O)C(Nc1nc(CN2CCN(C)CC2)nc2ccccc12)C(C)C.COCC=O. The Morgan fingerprint density at radius 1 is 1.16 bits per heavy atom. The molecule has 1 atom stereocenters. The first-order chi connectivity index (χ1) is 17.8. The molecule has 0 radical (unpaired) electrons. The molecule has 0 saturated carbocycles. The molecule has 1 unspecified atom stereocenters. The number of nitrogens with one attached hydrogen (secondary N) is 1. The number of hydrogen-bond acceptors (Lipinski definition) is 9. The first-order valence-corrected chi connectivity index (χ1v) is 12.1. The van der Waals surface area contributed by atoms with Gasteiger partial charge >= 0.3 is 5.97 Å². The number of para-hydroxylation sites is 1. The lowest BCUT2D eigenvalue weighted by Crippen LogP contribution is -2.44. The summed E-state index contributed by atoms with van der Waals surface area (Å²) < 4.78 is 9.28. The van der Waals surface area contributed by atoms with Gasteiger partial charge < -0.3 is 24.5 Å². The van der Waals surface area contributed by atoms with Gasteiger partial charge in [-0.15, -0.1) is 19.4 Å². The number of esters is 1. The van der Waals surface area contributed by atoms with E-state index in [1.807, 2.05) is 45.0 Å². The van der Waals surface area contributed by atoms with Crippen molar-refractivity contribution in [1.82, 2.24) is 19.8 Å². The smallest absolute Gasteiger partial charge is 0.328 e. The third kappa shape index (κ3) is 12.5. The third-order valence-corrected chi connectivity index (χ3v) is 5.26. The van der Waals surface area contributed by atoms with Crippen LogP contribution in [-0.4, -0.2) is 92.1 Å². The lowest BCUT2D eigenvalue weighted by molar-refractivity contribution is -0.142. The molecule has 3 rings (SSSR count). The highest BCUT2D eigenvalue weighted by molar-refractivity contribution is 5.91. The number of ether oxygens (including phenoxy) is 2. The highest BCUT2D eigenvalue weighted by Gasteiger charge is 2.25. The van der Waals surface area contributed by atoms with E-state index >= 15 is 0 Å². The number of piperazine rings is 1. The Bertz CT molecular complexity index is 956. The van der Waals surface area contributed by atoms with Crippen molar-refractivity contribution >= 4 is 29.0 Å². The van der Waals surface area contributed by atoms with E-state index in [1.54, 1.807) is 6.08 Å². The van der Waals surface area contributed by atoms with Crippen molar-refractivity contribution in [1.29, 1.82) is 0 Å². The summed E-state index contributed by atoms with van der Waals surface area (Å²) in [5, 5.41) is 4.22. The fourth-order valence-corrected chi connectivity index (χ4v) is 3.35. The van der Waals surface area contributed by atoms with Crippen molar-refractivity contribution in [3.63, 3.8) is 0 Å². The Labute approximate surface area is 222 Å². The van der Waals surface area contributed by atoms with Gasteiger partial charge in [0.1, 0.15) is 30.6 Å². The average Bonchev–Trinajstić information content (AvgIpc) is 2.90. The molecule has 0 amide bonds. The Kier molecular flexibility index (Phi) is 18.0. The average molecular weight is 514 g/mol. The van der Waals surface area contributed by atoms with E-state index < -0.39 is 6.04 Å². The van der Waals surface area contributed by atoms with Gasteiger partial charge in [0.15, 0.2) is 0 Å². The molecule has 9 nitrogen and oxygen atoms in total. The van der Waals surface area contributed by atoms with E-state index in [9.17, 15) is 9.59 Å². The van der Waals surface area contributed by atoms with Gasteiger partial charge in [0, 0.05) is 38.7 Å². The number of nitrogens with zero attached hydrogens (tertiary/aromatic N) is 4. The van der Waals surface area contributed by atoms with E-state index in [2.05, 4.69) is 46.3 Å². The number of carbonyl (C=O) groups is 2. The minimum Gasteiger partial charge on any atom is -0.467 e. The molecule has 1 saturated heterocycles. The van der Waals surface area contributed by atoms with Gasteiger partial charge in [0.25, 0.3) is 0 Å². The van der Waals surface area contributed by atoms with Crippen LogP contribution in [0.2, 0.25) is 0 Å². The lowest BCUT2D eigenvalue weighted by Gasteiger charge is -2.31. The number of terminal acetylenes is 1. The van der Waals surface area contributed by atoms with Crippen LogP contribution in [0.5, 0.6) is 0 Å². The highest BCUT2D eigenvalue weighted by atomic mass is 16.5. The Morgan fingerprint density at radius 2 is 1.76 bits per heavy atom. The van der Waals surface area contributed by atoms with Crippen molar-refractivity contribution in [2.45, 2.75) is 33.4 Å². The van der Waals surface area contributed by atoms with Crippen LogP contribution in [0.15, 0.2) is 36.9 Å². The molecule has 2 aromatic rings. The molecule has 9 heteroatoms. The minimum atomic E-state index is -0.454. The van der Waals surface area contributed by atoms with Crippen LogP contribution in [0.4, 0.5) is 5.82 Å². The highest BCUT2D eigenvalue weighted by Crippen LogP contribution is 2.23. The third-order valence-electron chi connectivity index (χ3n) is 5.26. The first kappa shape index (κ1) is 33.7. The Balaban J connectivity index is 0.00000112. The number of fused-ring (bicyclic) bond motifs is 1. The summed E-state index contributed by atoms with van der Waals surface area (Å²) in [6.07, 6.45) is 10.5. The summed E-state index contributed by atoms with van der Waals surface area (Å²) in [6, 6.07) is 7.44. The predicted octanol–water partition coefficient (Wildman–Crippen LogP) is 3.26. The number of rotatable bonds is 8.